The van der Waals surface area contributed by atoms with Crippen molar-refractivity contribution in [3.05, 3.63) is 65.7 Å². The summed E-state index contributed by atoms with van der Waals surface area (Å²) in [6, 6.07) is 17.3. The lowest BCUT2D eigenvalue weighted by atomic mass is 10.1. The van der Waals surface area contributed by atoms with Gasteiger partial charge in [0.2, 0.25) is 0 Å². The molecule has 0 aliphatic heterocycles. The first-order valence-corrected chi connectivity index (χ1v) is 6.74. The molecule has 2 aromatic rings. The summed E-state index contributed by atoms with van der Waals surface area (Å²) in [5.74, 6) is 6.78. The number of ether oxygens (including phenoxy) is 1. The van der Waals surface area contributed by atoms with Crippen LogP contribution in [0.25, 0.3) is 0 Å². The number of benzene rings is 2. The van der Waals surface area contributed by atoms with E-state index in [1.807, 2.05) is 61.5 Å². The van der Waals surface area contributed by atoms with E-state index >= 15 is 0 Å². The molecule has 0 heterocycles. The quantitative estimate of drug-likeness (QED) is 0.857. The Labute approximate surface area is 120 Å². The van der Waals surface area contributed by atoms with Gasteiger partial charge in [0.25, 0.3) is 0 Å². The SMILES string of the molecule is CCC(O)c1ccc(OCC#Cc2ccccc2)cc1. The van der Waals surface area contributed by atoms with E-state index < -0.39 is 6.10 Å². The second-order valence-corrected chi connectivity index (χ2v) is 4.45. The maximum absolute atomic E-state index is 9.70. The molecule has 0 amide bonds. The van der Waals surface area contributed by atoms with Gasteiger partial charge in [0.15, 0.2) is 0 Å². The highest BCUT2D eigenvalue weighted by Crippen LogP contribution is 2.19. The fourth-order valence-electron chi connectivity index (χ4n) is 1.80. The van der Waals surface area contributed by atoms with E-state index in [1.54, 1.807) is 0 Å². The van der Waals surface area contributed by atoms with Gasteiger partial charge in [-0.3, -0.25) is 0 Å². The van der Waals surface area contributed by atoms with Crippen LogP contribution < -0.4 is 4.74 Å². The van der Waals surface area contributed by atoms with Gasteiger partial charge in [-0.05, 0) is 36.2 Å². The predicted molar refractivity (Wildman–Crippen MR) is 80.5 cm³/mol. The molecule has 1 atom stereocenters. The van der Waals surface area contributed by atoms with Crippen molar-refractivity contribution in [2.75, 3.05) is 6.61 Å². The summed E-state index contributed by atoms with van der Waals surface area (Å²) in [7, 11) is 0. The van der Waals surface area contributed by atoms with Crippen LogP contribution in [0.4, 0.5) is 0 Å². The van der Waals surface area contributed by atoms with Gasteiger partial charge in [-0.1, -0.05) is 49.1 Å². The maximum atomic E-state index is 9.70. The van der Waals surface area contributed by atoms with Crippen LogP contribution in [0.1, 0.15) is 30.6 Å². The third-order valence-electron chi connectivity index (χ3n) is 2.97. The van der Waals surface area contributed by atoms with Gasteiger partial charge < -0.3 is 9.84 Å². The summed E-state index contributed by atoms with van der Waals surface area (Å²) < 4.78 is 5.54. The van der Waals surface area contributed by atoms with Crippen molar-refractivity contribution in [1.29, 1.82) is 0 Å². The zero-order chi connectivity index (χ0) is 14.2. The monoisotopic (exact) mass is 266 g/mol. The van der Waals surface area contributed by atoms with Gasteiger partial charge >= 0.3 is 0 Å². The molecule has 0 aliphatic carbocycles. The summed E-state index contributed by atoms with van der Waals surface area (Å²) in [5.41, 5.74) is 1.90. The fraction of sp³-hybridized carbons (Fsp3) is 0.222. The summed E-state index contributed by atoms with van der Waals surface area (Å²) in [5, 5.41) is 9.70. The van der Waals surface area contributed by atoms with Crippen molar-refractivity contribution >= 4 is 0 Å². The van der Waals surface area contributed by atoms with Gasteiger partial charge in [0.1, 0.15) is 12.4 Å². The number of aliphatic hydroxyl groups is 1. The normalized spacial score (nSPS) is 11.3. The first-order valence-electron chi connectivity index (χ1n) is 6.74. The second kappa shape index (κ2) is 7.37. The average molecular weight is 266 g/mol. The van der Waals surface area contributed by atoms with Gasteiger partial charge in [-0.2, -0.15) is 0 Å². The Hall–Kier alpha value is -2.24. The zero-order valence-electron chi connectivity index (χ0n) is 11.5. The van der Waals surface area contributed by atoms with Crippen LogP contribution in [0, 0.1) is 11.8 Å². The highest BCUT2D eigenvalue weighted by molar-refractivity contribution is 5.34. The molecule has 2 nitrogen and oxygen atoms in total. The number of hydrogen-bond donors (Lipinski definition) is 1. The number of aliphatic hydroxyl groups excluding tert-OH is 1. The molecular formula is C18H18O2. The molecular weight excluding hydrogens is 248 g/mol. The van der Waals surface area contributed by atoms with E-state index in [1.165, 1.54) is 0 Å². The smallest absolute Gasteiger partial charge is 0.149 e. The lowest BCUT2D eigenvalue weighted by Gasteiger charge is -2.08. The fourth-order valence-corrected chi connectivity index (χ4v) is 1.80. The Morgan fingerprint density at radius 1 is 1.05 bits per heavy atom. The van der Waals surface area contributed by atoms with Gasteiger partial charge in [-0.25, -0.2) is 0 Å². The van der Waals surface area contributed by atoms with Crippen LogP contribution in [0.3, 0.4) is 0 Å². The van der Waals surface area contributed by atoms with Crippen molar-refractivity contribution in [2.24, 2.45) is 0 Å². The highest BCUT2D eigenvalue weighted by Gasteiger charge is 2.03. The van der Waals surface area contributed by atoms with Crippen molar-refractivity contribution in [2.45, 2.75) is 19.4 Å². The molecule has 0 aliphatic rings. The van der Waals surface area contributed by atoms with E-state index in [4.69, 9.17) is 4.74 Å². The molecule has 2 rings (SSSR count). The minimum Gasteiger partial charge on any atom is -0.481 e. The van der Waals surface area contributed by atoms with Crippen LogP contribution >= 0.6 is 0 Å². The topological polar surface area (TPSA) is 29.5 Å². The summed E-state index contributed by atoms with van der Waals surface area (Å²) in [6.07, 6.45) is 0.310. The molecule has 0 aromatic heterocycles. The van der Waals surface area contributed by atoms with E-state index in [9.17, 15) is 5.11 Å². The Morgan fingerprint density at radius 2 is 1.75 bits per heavy atom. The molecule has 2 heteroatoms. The third-order valence-corrected chi connectivity index (χ3v) is 2.97. The molecule has 2 aromatic carbocycles. The standard InChI is InChI=1S/C18H18O2/c1-2-18(19)16-10-12-17(13-11-16)20-14-6-9-15-7-4-3-5-8-15/h3-5,7-8,10-13,18-19H,2,14H2,1H3. The molecule has 1 N–H and O–H groups in total. The molecule has 0 saturated heterocycles. The van der Waals surface area contributed by atoms with Gasteiger partial charge in [0, 0.05) is 5.56 Å². The molecule has 0 bridgehead atoms. The Balaban J connectivity index is 1.87. The number of rotatable bonds is 4. The molecule has 0 saturated carbocycles. The van der Waals surface area contributed by atoms with E-state index in [0.29, 0.717) is 13.0 Å². The molecule has 102 valence electrons. The Morgan fingerprint density at radius 3 is 2.40 bits per heavy atom. The minimum absolute atomic E-state index is 0.352. The van der Waals surface area contributed by atoms with Crippen molar-refractivity contribution in [3.63, 3.8) is 0 Å². The predicted octanol–water partition coefficient (Wildman–Crippen LogP) is 3.56. The first kappa shape index (κ1) is 14.2. The highest BCUT2D eigenvalue weighted by atomic mass is 16.5. The second-order valence-electron chi connectivity index (χ2n) is 4.45. The van der Waals surface area contributed by atoms with Crippen molar-refractivity contribution in [3.8, 4) is 17.6 Å². The third kappa shape index (κ3) is 4.15. The Kier molecular flexibility index (Phi) is 5.23. The van der Waals surface area contributed by atoms with Crippen LogP contribution in [0.2, 0.25) is 0 Å². The van der Waals surface area contributed by atoms with Crippen molar-refractivity contribution in [1.82, 2.24) is 0 Å². The lowest BCUT2D eigenvalue weighted by molar-refractivity contribution is 0.173. The maximum Gasteiger partial charge on any atom is 0.149 e. The summed E-state index contributed by atoms with van der Waals surface area (Å²) >= 11 is 0. The first-order chi connectivity index (χ1) is 9.79. The summed E-state index contributed by atoms with van der Waals surface area (Å²) in [4.78, 5) is 0. The largest absolute Gasteiger partial charge is 0.481 e. The van der Waals surface area contributed by atoms with Gasteiger partial charge in [0.05, 0.1) is 6.10 Å². The lowest BCUT2D eigenvalue weighted by Crippen LogP contribution is -1.97. The molecule has 0 fully saturated rings. The van der Waals surface area contributed by atoms with Crippen LogP contribution in [-0.2, 0) is 0 Å². The minimum atomic E-state index is -0.401. The van der Waals surface area contributed by atoms with E-state index in [0.717, 1.165) is 16.9 Å². The molecule has 0 spiro atoms. The van der Waals surface area contributed by atoms with Crippen molar-refractivity contribution < 1.29 is 9.84 Å². The number of hydrogen-bond acceptors (Lipinski definition) is 2. The van der Waals surface area contributed by atoms with Crippen LogP contribution in [0.5, 0.6) is 5.75 Å². The van der Waals surface area contributed by atoms with Crippen LogP contribution in [-0.4, -0.2) is 11.7 Å². The van der Waals surface area contributed by atoms with E-state index in [2.05, 4.69) is 11.8 Å². The van der Waals surface area contributed by atoms with Gasteiger partial charge in [-0.15, -0.1) is 0 Å². The van der Waals surface area contributed by atoms with Crippen LogP contribution in [0.15, 0.2) is 54.6 Å². The molecule has 1 unspecified atom stereocenters. The summed E-state index contributed by atoms with van der Waals surface area (Å²) in [6.45, 7) is 2.30. The Bertz CT molecular complexity index is 576. The zero-order valence-corrected chi connectivity index (χ0v) is 11.5. The average Bonchev–Trinajstić information content (AvgIpc) is 2.52. The van der Waals surface area contributed by atoms with E-state index in [-0.39, 0.29) is 0 Å². The molecule has 0 radical (unpaired) electrons. The molecule has 20 heavy (non-hydrogen) atoms.